The van der Waals surface area contributed by atoms with Gasteiger partial charge in [0.2, 0.25) is 11.8 Å². The van der Waals surface area contributed by atoms with Crippen LogP contribution in [0.5, 0.6) is 0 Å². The third-order valence-corrected chi connectivity index (χ3v) is 3.87. The van der Waals surface area contributed by atoms with Crippen molar-refractivity contribution >= 4 is 11.8 Å². The normalized spacial score (nSPS) is 28.2. The number of nitrogens with zero attached hydrogens (tertiary/aromatic N) is 2. The van der Waals surface area contributed by atoms with Crippen LogP contribution in [0.3, 0.4) is 0 Å². The van der Waals surface area contributed by atoms with Gasteiger partial charge in [-0.2, -0.15) is 0 Å². The summed E-state index contributed by atoms with van der Waals surface area (Å²) in [5.41, 5.74) is 0. The Morgan fingerprint density at radius 1 is 1.17 bits per heavy atom. The predicted molar refractivity (Wildman–Crippen MR) is 69.1 cm³/mol. The van der Waals surface area contributed by atoms with Crippen LogP contribution in [0.1, 0.15) is 32.1 Å². The Morgan fingerprint density at radius 3 is 2.56 bits per heavy atom. The number of carbonyl (C=O) groups is 2. The lowest BCUT2D eigenvalue weighted by Gasteiger charge is -2.31. The molecular formula is C13H23N3O2. The maximum Gasteiger partial charge on any atom is 0.244 e. The van der Waals surface area contributed by atoms with Gasteiger partial charge in [0.1, 0.15) is 6.04 Å². The average molecular weight is 253 g/mol. The van der Waals surface area contributed by atoms with E-state index in [4.69, 9.17) is 0 Å². The Balaban J connectivity index is 2.01. The second kappa shape index (κ2) is 5.69. The first-order valence-corrected chi connectivity index (χ1v) is 6.86. The van der Waals surface area contributed by atoms with E-state index in [1.165, 1.54) is 0 Å². The van der Waals surface area contributed by atoms with Gasteiger partial charge >= 0.3 is 0 Å². The van der Waals surface area contributed by atoms with E-state index in [9.17, 15) is 9.59 Å². The molecule has 5 heteroatoms. The highest BCUT2D eigenvalue weighted by Crippen LogP contribution is 2.21. The second-order valence-electron chi connectivity index (χ2n) is 5.42. The zero-order chi connectivity index (χ0) is 13.1. The van der Waals surface area contributed by atoms with Crippen LogP contribution in [0.2, 0.25) is 0 Å². The first kappa shape index (κ1) is 13.3. The van der Waals surface area contributed by atoms with E-state index in [0.717, 1.165) is 45.2 Å². The van der Waals surface area contributed by atoms with Crippen LogP contribution in [-0.4, -0.2) is 60.9 Å². The van der Waals surface area contributed by atoms with Crippen molar-refractivity contribution in [3.8, 4) is 0 Å². The van der Waals surface area contributed by atoms with E-state index in [0.29, 0.717) is 0 Å². The Morgan fingerprint density at radius 2 is 1.94 bits per heavy atom. The molecule has 0 aromatic heterocycles. The topological polar surface area (TPSA) is 52.7 Å². The molecule has 2 aliphatic rings. The summed E-state index contributed by atoms with van der Waals surface area (Å²) in [7, 11) is 3.50. The fourth-order valence-corrected chi connectivity index (χ4v) is 2.85. The molecule has 1 unspecified atom stereocenters. The molecule has 0 aromatic rings. The van der Waals surface area contributed by atoms with Crippen LogP contribution in [0.4, 0.5) is 0 Å². The van der Waals surface area contributed by atoms with Gasteiger partial charge in [-0.15, -0.1) is 0 Å². The van der Waals surface area contributed by atoms with Crippen molar-refractivity contribution in [3.05, 3.63) is 0 Å². The van der Waals surface area contributed by atoms with Crippen molar-refractivity contribution in [2.24, 2.45) is 0 Å². The van der Waals surface area contributed by atoms with E-state index in [2.05, 4.69) is 5.32 Å². The number of hydrogen-bond donors (Lipinski definition) is 1. The summed E-state index contributed by atoms with van der Waals surface area (Å²) in [5, 5.41) is 3.27. The number of rotatable bonds is 2. The van der Waals surface area contributed by atoms with Crippen LogP contribution in [0.15, 0.2) is 0 Å². The van der Waals surface area contributed by atoms with E-state index in [1.54, 1.807) is 23.9 Å². The van der Waals surface area contributed by atoms with Crippen molar-refractivity contribution in [1.82, 2.24) is 15.1 Å². The monoisotopic (exact) mass is 253 g/mol. The molecule has 2 heterocycles. The Kier molecular flexibility index (Phi) is 4.22. The summed E-state index contributed by atoms with van der Waals surface area (Å²) in [6, 6.07) is -0.314. The van der Waals surface area contributed by atoms with Gasteiger partial charge in [-0.3, -0.25) is 9.59 Å². The lowest BCUT2D eigenvalue weighted by molar-refractivity contribution is -0.143. The summed E-state index contributed by atoms with van der Waals surface area (Å²) >= 11 is 0. The van der Waals surface area contributed by atoms with Gasteiger partial charge in [-0.1, -0.05) is 6.42 Å². The van der Waals surface area contributed by atoms with Crippen LogP contribution >= 0.6 is 0 Å². The molecule has 0 bridgehead atoms. The SMILES string of the molecule is CN(C)C(=O)C1CCCN1C(=O)[C@H]1CCCCN1. The highest BCUT2D eigenvalue weighted by Gasteiger charge is 2.37. The molecule has 0 spiro atoms. The molecular weight excluding hydrogens is 230 g/mol. The number of likely N-dealkylation sites (N-methyl/N-ethyl adjacent to an activating group) is 1. The number of piperidine rings is 1. The highest BCUT2D eigenvalue weighted by atomic mass is 16.2. The summed E-state index contributed by atoms with van der Waals surface area (Å²) in [4.78, 5) is 27.9. The van der Waals surface area contributed by atoms with Crippen molar-refractivity contribution in [3.63, 3.8) is 0 Å². The lowest BCUT2D eigenvalue weighted by Crippen LogP contribution is -2.53. The van der Waals surface area contributed by atoms with E-state index in [-0.39, 0.29) is 23.9 Å². The smallest absolute Gasteiger partial charge is 0.244 e. The minimum absolute atomic E-state index is 0.0525. The van der Waals surface area contributed by atoms with Gasteiger partial charge in [0.05, 0.1) is 6.04 Å². The molecule has 0 aliphatic carbocycles. The molecule has 0 aromatic carbocycles. The fraction of sp³-hybridized carbons (Fsp3) is 0.846. The second-order valence-corrected chi connectivity index (χ2v) is 5.42. The van der Waals surface area contributed by atoms with E-state index < -0.39 is 0 Å². The molecule has 2 aliphatic heterocycles. The van der Waals surface area contributed by atoms with Gasteiger partial charge in [0.15, 0.2) is 0 Å². The zero-order valence-electron chi connectivity index (χ0n) is 11.3. The summed E-state index contributed by atoms with van der Waals surface area (Å²) < 4.78 is 0. The molecule has 5 nitrogen and oxygen atoms in total. The van der Waals surface area contributed by atoms with Crippen molar-refractivity contribution in [2.75, 3.05) is 27.2 Å². The van der Waals surface area contributed by atoms with Crippen molar-refractivity contribution < 1.29 is 9.59 Å². The van der Waals surface area contributed by atoms with Gasteiger partial charge in [-0.05, 0) is 32.2 Å². The number of carbonyl (C=O) groups excluding carboxylic acids is 2. The Hall–Kier alpha value is -1.10. The highest BCUT2D eigenvalue weighted by molar-refractivity contribution is 5.90. The molecule has 2 atom stereocenters. The third kappa shape index (κ3) is 2.66. The molecule has 2 amide bonds. The fourth-order valence-electron chi connectivity index (χ4n) is 2.85. The maximum atomic E-state index is 12.4. The molecule has 102 valence electrons. The Bertz CT molecular complexity index is 324. The Labute approximate surface area is 108 Å². The molecule has 1 N–H and O–H groups in total. The van der Waals surface area contributed by atoms with Crippen LogP contribution in [-0.2, 0) is 9.59 Å². The van der Waals surface area contributed by atoms with Crippen molar-refractivity contribution in [2.45, 2.75) is 44.2 Å². The molecule has 2 fully saturated rings. The molecule has 0 saturated carbocycles. The van der Waals surface area contributed by atoms with Crippen molar-refractivity contribution in [1.29, 1.82) is 0 Å². The van der Waals surface area contributed by atoms with Crippen LogP contribution < -0.4 is 5.32 Å². The molecule has 0 radical (unpaired) electrons. The third-order valence-electron chi connectivity index (χ3n) is 3.87. The van der Waals surface area contributed by atoms with E-state index >= 15 is 0 Å². The number of nitrogens with one attached hydrogen (secondary N) is 1. The summed E-state index contributed by atoms with van der Waals surface area (Å²) in [6.07, 6.45) is 4.88. The maximum absolute atomic E-state index is 12.4. The van der Waals surface area contributed by atoms with Crippen LogP contribution in [0.25, 0.3) is 0 Å². The number of hydrogen-bond acceptors (Lipinski definition) is 3. The zero-order valence-corrected chi connectivity index (χ0v) is 11.3. The first-order valence-electron chi connectivity index (χ1n) is 6.86. The predicted octanol–water partition coefficient (Wildman–Crippen LogP) is 0.208. The average Bonchev–Trinajstić information content (AvgIpc) is 2.87. The van der Waals surface area contributed by atoms with Gasteiger partial charge in [-0.25, -0.2) is 0 Å². The largest absolute Gasteiger partial charge is 0.347 e. The standard InChI is InChI=1S/C13H23N3O2/c1-15(2)13(18)11-7-5-9-16(11)12(17)10-6-3-4-8-14-10/h10-11,14H,3-9H2,1-2H3/t10-,11?/m1/s1. The first-order chi connectivity index (χ1) is 8.61. The molecule has 18 heavy (non-hydrogen) atoms. The minimum atomic E-state index is -0.240. The van der Waals surface area contributed by atoms with Gasteiger partial charge < -0.3 is 15.1 Å². The quantitative estimate of drug-likeness (QED) is 0.765. The minimum Gasteiger partial charge on any atom is -0.347 e. The number of likely N-dealkylation sites (tertiary alicyclic amines) is 1. The van der Waals surface area contributed by atoms with E-state index in [1.807, 2.05) is 0 Å². The van der Waals surface area contributed by atoms with Gasteiger partial charge in [0, 0.05) is 20.6 Å². The lowest BCUT2D eigenvalue weighted by atomic mass is 10.0. The summed E-state index contributed by atoms with van der Waals surface area (Å²) in [6.45, 7) is 1.64. The van der Waals surface area contributed by atoms with Crippen LogP contribution in [0, 0.1) is 0 Å². The molecule has 2 rings (SSSR count). The summed E-state index contributed by atoms with van der Waals surface area (Å²) in [5.74, 6) is 0.170. The molecule has 2 saturated heterocycles. The number of amides is 2. The van der Waals surface area contributed by atoms with Gasteiger partial charge in [0.25, 0.3) is 0 Å².